The SMILES string of the molecule is Cc1ncsc1CCNC(C)(CO)CO. The molecule has 0 bridgehead atoms. The molecule has 0 aliphatic rings. The number of hydrogen-bond acceptors (Lipinski definition) is 5. The van der Waals surface area contributed by atoms with E-state index in [9.17, 15) is 0 Å². The molecular weight excluding hydrogens is 212 g/mol. The molecule has 0 unspecified atom stereocenters. The lowest BCUT2D eigenvalue weighted by molar-refractivity contribution is 0.105. The Kier molecular flexibility index (Phi) is 4.66. The standard InChI is InChI=1S/C10H18N2O2S/c1-8-9(15-7-11-8)3-4-12-10(2,5-13)6-14/h7,12-14H,3-6H2,1-2H3. The third-order valence-electron chi connectivity index (χ3n) is 2.45. The second-order valence-electron chi connectivity index (χ2n) is 3.91. The Labute approximate surface area is 94.0 Å². The molecule has 0 spiro atoms. The second-order valence-corrected chi connectivity index (χ2v) is 4.85. The van der Waals surface area contributed by atoms with Gasteiger partial charge < -0.3 is 15.5 Å². The van der Waals surface area contributed by atoms with Crippen molar-refractivity contribution in [3.05, 3.63) is 16.1 Å². The molecule has 5 heteroatoms. The summed E-state index contributed by atoms with van der Waals surface area (Å²) in [6.45, 7) is 4.40. The van der Waals surface area contributed by atoms with Crippen LogP contribution in [0.3, 0.4) is 0 Å². The maximum absolute atomic E-state index is 9.06. The Morgan fingerprint density at radius 2 is 2.13 bits per heavy atom. The third-order valence-corrected chi connectivity index (χ3v) is 3.44. The fourth-order valence-electron chi connectivity index (χ4n) is 1.21. The zero-order valence-corrected chi connectivity index (χ0v) is 9.97. The maximum Gasteiger partial charge on any atom is 0.0797 e. The van der Waals surface area contributed by atoms with Crippen LogP contribution >= 0.6 is 11.3 Å². The van der Waals surface area contributed by atoms with Crippen molar-refractivity contribution in [3.63, 3.8) is 0 Å². The van der Waals surface area contributed by atoms with Crippen molar-refractivity contribution >= 4 is 11.3 Å². The normalized spacial score (nSPS) is 12.0. The number of nitrogens with one attached hydrogen (secondary N) is 1. The smallest absolute Gasteiger partial charge is 0.0797 e. The largest absolute Gasteiger partial charge is 0.394 e. The van der Waals surface area contributed by atoms with Crippen LogP contribution in [-0.4, -0.2) is 40.5 Å². The van der Waals surface area contributed by atoms with Crippen molar-refractivity contribution < 1.29 is 10.2 Å². The molecule has 0 radical (unpaired) electrons. The summed E-state index contributed by atoms with van der Waals surface area (Å²) < 4.78 is 0. The van der Waals surface area contributed by atoms with Gasteiger partial charge in [-0.05, 0) is 20.3 Å². The Morgan fingerprint density at radius 3 is 2.60 bits per heavy atom. The van der Waals surface area contributed by atoms with Gasteiger partial charge in [-0.2, -0.15) is 0 Å². The average molecular weight is 230 g/mol. The van der Waals surface area contributed by atoms with Crippen molar-refractivity contribution in [2.45, 2.75) is 25.8 Å². The molecule has 1 aromatic heterocycles. The molecule has 3 N–H and O–H groups in total. The lowest BCUT2D eigenvalue weighted by Gasteiger charge is -2.26. The minimum absolute atomic E-state index is 0.0643. The average Bonchev–Trinajstić information content (AvgIpc) is 2.64. The topological polar surface area (TPSA) is 65.4 Å². The highest BCUT2D eigenvalue weighted by molar-refractivity contribution is 7.09. The summed E-state index contributed by atoms with van der Waals surface area (Å²) in [4.78, 5) is 5.41. The van der Waals surface area contributed by atoms with Crippen LogP contribution < -0.4 is 5.32 Å². The van der Waals surface area contributed by atoms with E-state index in [0.717, 1.165) is 18.7 Å². The van der Waals surface area contributed by atoms with Gasteiger partial charge in [0, 0.05) is 11.4 Å². The van der Waals surface area contributed by atoms with Gasteiger partial charge in [-0.1, -0.05) is 0 Å². The molecular formula is C10H18N2O2S. The molecule has 0 aliphatic carbocycles. The Balaban J connectivity index is 2.36. The predicted octanol–water partition coefficient (Wildman–Crippen LogP) is 0.327. The molecule has 4 nitrogen and oxygen atoms in total. The van der Waals surface area contributed by atoms with E-state index in [1.807, 2.05) is 12.4 Å². The van der Waals surface area contributed by atoms with E-state index in [-0.39, 0.29) is 13.2 Å². The summed E-state index contributed by atoms with van der Waals surface area (Å²) in [7, 11) is 0. The zero-order valence-electron chi connectivity index (χ0n) is 9.16. The molecule has 86 valence electrons. The molecule has 15 heavy (non-hydrogen) atoms. The number of nitrogens with zero attached hydrogens (tertiary/aromatic N) is 1. The summed E-state index contributed by atoms with van der Waals surface area (Å²) >= 11 is 1.64. The summed E-state index contributed by atoms with van der Waals surface area (Å²) in [5.41, 5.74) is 2.32. The molecule has 0 amide bonds. The molecule has 0 atom stereocenters. The summed E-state index contributed by atoms with van der Waals surface area (Å²) in [6.07, 6.45) is 0.881. The van der Waals surface area contributed by atoms with E-state index >= 15 is 0 Å². The minimum atomic E-state index is -0.585. The van der Waals surface area contributed by atoms with Crippen LogP contribution in [0.4, 0.5) is 0 Å². The van der Waals surface area contributed by atoms with Crippen LogP contribution in [-0.2, 0) is 6.42 Å². The van der Waals surface area contributed by atoms with Gasteiger partial charge in [0.25, 0.3) is 0 Å². The monoisotopic (exact) mass is 230 g/mol. The highest BCUT2D eigenvalue weighted by Gasteiger charge is 2.20. The van der Waals surface area contributed by atoms with E-state index in [1.165, 1.54) is 4.88 Å². The van der Waals surface area contributed by atoms with Crippen molar-refractivity contribution in [3.8, 4) is 0 Å². The van der Waals surface area contributed by atoms with Crippen molar-refractivity contribution in [2.24, 2.45) is 0 Å². The van der Waals surface area contributed by atoms with Crippen LogP contribution in [0.1, 0.15) is 17.5 Å². The summed E-state index contributed by atoms with van der Waals surface area (Å²) in [5.74, 6) is 0. The number of rotatable bonds is 6. The fraction of sp³-hybridized carbons (Fsp3) is 0.700. The fourth-order valence-corrected chi connectivity index (χ4v) is 1.99. The van der Waals surface area contributed by atoms with Crippen molar-refractivity contribution in [1.29, 1.82) is 0 Å². The number of aryl methyl sites for hydroxylation is 1. The minimum Gasteiger partial charge on any atom is -0.394 e. The lowest BCUT2D eigenvalue weighted by atomic mass is 10.1. The molecule has 0 aromatic carbocycles. The van der Waals surface area contributed by atoms with Gasteiger partial charge in [0.05, 0.1) is 30.0 Å². The highest BCUT2D eigenvalue weighted by atomic mass is 32.1. The van der Waals surface area contributed by atoms with Crippen LogP contribution in [0.25, 0.3) is 0 Å². The van der Waals surface area contributed by atoms with Gasteiger partial charge >= 0.3 is 0 Å². The number of thiazole rings is 1. The van der Waals surface area contributed by atoms with Crippen LogP contribution in [0.15, 0.2) is 5.51 Å². The Hall–Kier alpha value is -0.490. The predicted molar refractivity (Wildman–Crippen MR) is 61.1 cm³/mol. The lowest BCUT2D eigenvalue weighted by Crippen LogP contribution is -2.49. The quantitative estimate of drug-likeness (QED) is 0.659. The molecule has 0 fully saturated rings. The number of aromatic nitrogens is 1. The van der Waals surface area contributed by atoms with E-state index in [4.69, 9.17) is 10.2 Å². The van der Waals surface area contributed by atoms with Crippen molar-refractivity contribution in [2.75, 3.05) is 19.8 Å². The summed E-state index contributed by atoms with van der Waals surface area (Å²) in [6, 6.07) is 0. The van der Waals surface area contributed by atoms with Gasteiger partial charge in [0.1, 0.15) is 0 Å². The van der Waals surface area contributed by atoms with Crippen LogP contribution in [0.5, 0.6) is 0 Å². The van der Waals surface area contributed by atoms with Crippen molar-refractivity contribution in [1.82, 2.24) is 10.3 Å². The van der Waals surface area contributed by atoms with E-state index in [2.05, 4.69) is 10.3 Å². The maximum atomic E-state index is 9.06. The highest BCUT2D eigenvalue weighted by Crippen LogP contribution is 2.12. The first-order valence-electron chi connectivity index (χ1n) is 4.97. The third kappa shape index (κ3) is 3.53. The number of aliphatic hydroxyl groups is 2. The second kappa shape index (κ2) is 5.55. The van der Waals surface area contributed by atoms with E-state index < -0.39 is 5.54 Å². The van der Waals surface area contributed by atoms with Gasteiger partial charge in [0.15, 0.2) is 0 Å². The first kappa shape index (κ1) is 12.6. The zero-order chi connectivity index (χ0) is 11.3. The van der Waals surface area contributed by atoms with Crippen LogP contribution in [0.2, 0.25) is 0 Å². The summed E-state index contributed by atoms with van der Waals surface area (Å²) in [5, 5.41) is 21.3. The number of hydrogen-bond donors (Lipinski definition) is 3. The number of aliphatic hydroxyl groups excluding tert-OH is 2. The first-order valence-corrected chi connectivity index (χ1v) is 5.85. The van der Waals surface area contributed by atoms with Gasteiger partial charge in [-0.25, -0.2) is 4.98 Å². The molecule has 0 saturated carbocycles. The first-order chi connectivity index (χ1) is 7.11. The Morgan fingerprint density at radius 1 is 1.47 bits per heavy atom. The molecule has 0 aliphatic heterocycles. The van der Waals surface area contributed by atoms with Gasteiger partial charge in [0.2, 0.25) is 0 Å². The van der Waals surface area contributed by atoms with Gasteiger partial charge in [-0.15, -0.1) is 11.3 Å². The van der Waals surface area contributed by atoms with E-state index in [0.29, 0.717) is 0 Å². The molecule has 1 heterocycles. The van der Waals surface area contributed by atoms with Crippen LogP contribution in [0, 0.1) is 6.92 Å². The van der Waals surface area contributed by atoms with Gasteiger partial charge in [-0.3, -0.25) is 0 Å². The molecule has 1 rings (SSSR count). The van der Waals surface area contributed by atoms with E-state index in [1.54, 1.807) is 18.3 Å². The molecule has 1 aromatic rings. The molecule has 0 saturated heterocycles. The Bertz CT molecular complexity index is 297.